The number of ether oxygens (including phenoxy) is 1. The topological polar surface area (TPSA) is 35.0 Å². The van der Waals surface area contributed by atoms with Crippen LogP contribution in [0.25, 0.3) is 10.8 Å². The predicted octanol–water partition coefficient (Wildman–Crippen LogP) is 3.22. The Labute approximate surface area is 99.2 Å². The lowest BCUT2D eigenvalue weighted by Gasteiger charge is -2.09. The zero-order valence-corrected chi connectivity index (χ0v) is 9.09. The number of nitrogens with zero attached hydrogens (tertiary/aromatic N) is 2. The lowest BCUT2D eigenvalue weighted by Crippen LogP contribution is -2.19. The van der Waals surface area contributed by atoms with Gasteiger partial charge in [0.2, 0.25) is 5.88 Å². The van der Waals surface area contributed by atoms with E-state index in [1.807, 2.05) is 0 Å². The summed E-state index contributed by atoms with van der Waals surface area (Å²) in [6.45, 7) is -1.41. The van der Waals surface area contributed by atoms with Crippen molar-refractivity contribution in [2.75, 3.05) is 6.61 Å². The van der Waals surface area contributed by atoms with Gasteiger partial charge in [0.05, 0.1) is 0 Å². The molecule has 2 rings (SSSR count). The lowest BCUT2D eigenvalue weighted by molar-refractivity contribution is -0.153. The van der Waals surface area contributed by atoms with Crippen molar-refractivity contribution in [2.24, 2.45) is 0 Å². The van der Waals surface area contributed by atoms with Crippen LogP contribution in [0.5, 0.6) is 5.88 Å². The van der Waals surface area contributed by atoms with E-state index in [9.17, 15) is 13.2 Å². The highest BCUT2D eigenvalue weighted by molar-refractivity contribution is 6.34. The third-order valence-corrected chi connectivity index (χ3v) is 2.26. The Kier molecular flexibility index (Phi) is 3.06. The normalized spacial score (nSPS) is 11.8. The number of fused-ring (bicyclic) bond motifs is 1. The van der Waals surface area contributed by atoms with Gasteiger partial charge in [-0.25, -0.2) is 0 Å². The largest absolute Gasteiger partial charge is 0.467 e. The predicted molar refractivity (Wildman–Crippen MR) is 56.1 cm³/mol. The molecule has 90 valence electrons. The van der Waals surface area contributed by atoms with Crippen molar-refractivity contribution in [3.05, 3.63) is 29.4 Å². The summed E-state index contributed by atoms with van der Waals surface area (Å²) in [5.41, 5.74) is 0. The summed E-state index contributed by atoms with van der Waals surface area (Å²) in [5.74, 6) is -0.178. The van der Waals surface area contributed by atoms with Gasteiger partial charge in [-0.2, -0.15) is 13.2 Å². The molecule has 1 aromatic heterocycles. The molecule has 0 radical (unpaired) electrons. The Hall–Kier alpha value is -1.56. The van der Waals surface area contributed by atoms with Gasteiger partial charge in [-0.1, -0.05) is 29.8 Å². The Morgan fingerprint density at radius 3 is 2.41 bits per heavy atom. The molecule has 0 atom stereocenters. The molecule has 1 aromatic carbocycles. The second-order valence-corrected chi connectivity index (χ2v) is 3.60. The summed E-state index contributed by atoms with van der Waals surface area (Å²) in [7, 11) is 0. The highest BCUT2D eigenvalue weighted by Gasteiger charge is 2.29. The van der Waals surface area contributed by atoms with E-state index < -0.39 is 12.8 Å². The van der Waals surface area contributed by atoms with Crippen molar-refractivity contribution >= 4 is 22.4 Å². The van der Waals surface area contributed by atoms with Gasteiger partial charge < -0.3 is 4.74 Å². The SMILES string of the molecule is FC(F)(F)COc1nnc(Cl)c2ccccc12. The first-order chi connectivity index (χ1) is 7.97. The van der Waals surface area contributed by atoms with Gasteiger partial charge >= 0.3 is 6.18 Å². The van der Waals surface area contributed by atoms with Crippen LogP contribution >= 0.6 is 11.6 Å². The minimum absolute atomic E-state index is 0.125. The molecule has 3 nitrogen and oxygen atoms in total. The van der Waals surface area contributed by atoms with Gasteiger partial charge in [0.25, 0.3) is 0 Å². The Morgan fingerprint density at radius 2 is 1.76 bits per heavy atom. The Bertz CT molecular complexity index is 545. The minimum atomic E-state index is -4.41. The molecule has 0 bridgehead atoms. The Morgan fingerprint density at radius 1 is 1.12 bits per heavy atom. The molecule has 0 unspecified atom stereocenters. The van der Waals surface area contributed by atoms with Crippen LogP contribution in [0.4, 0.5) is 13.2 Å². The molecule has 0 saturated carbocycles. The fourth-order valence-corrected chi connectivity index (χ4v) is 1.51. The van der Waals surface area contributed by atoms with Crippen molar-refractivity contribution < 1.29 is 17.9 Å². The molecule has 1 heterocycles. The fraction of sp³-hybridized carbons (Fsp3) is 0.200. The van der Waals surface area contributed by atoms with Gasteiger partial charge in [0.15, 0.2) is 11.8 Å². The van der Waals surface area contributed by atoms with Crippen LogP contribution in [0, 0.1) is 0 Å². The Balaban J connectivity index is 2.38. The second-order valence-electron chi connectivity index (χ2n) is 3.25. The van der Waals surface area contributed by atoms with Crippen molar-refractivity contribution in [1.82, 2.24) is 10.2 Å². The van der Waals surface area contributed by atoms with E-state index in [2.05, 4.69) is 14.9 Å². The molecule has 0 spiro atoms. The molecule has 2 aromatic rings. The van der Waals surface area contributed by atoms with Crippen LogP contribution in [-0.2, 0) is 0 Å². The summed E-state index contributed by atoms with van der Waals surface area (Å²) < 4.78 is 40.6. The van der Waals surface area contributed by atoms with E-state index in [0.717, 1.165) is 0 Å². The van der Waals surface area contributed by atoms with Crippen molar-refractivity contribution in [3.63, 3.8) is 0 Å². The third-order valence-electron chi connectivity index (χ3n) is 1.98. The summed E-state index contributed by atoms with van der Waals surface area (Å²) in [5, 5.41) is 8.06. The quantitative estimate of drug-likeness (QED) is 0.833. The van der Waals surface area contributed by atoms with Gasteiger partial charge in [-0.05, 0) is 6.07 Å². The molecule has 0 amide bonds. The number of rotatable bonds is 2. The van der Waals surface area contributed by atoms with E-state index in [4.69, 9.17) is 11.6 Å². The summed E-state index contributed by atoms with van der Waals surface area (Å²) in [6, 6.07) is 6.55. The number of alkyl halides is 3. The molecular weight excluding hydrogens is 257 g/mol. The summed E-state index contributed by atoms with van der Waals surface area (Å²) >= 11 is 5.77. The molecular formula is C10H6ClF3N2O. The number of hydrogen-bond acceptors (Lipinski definition) is 3. The van der Waals surface area contributed by atoms with Crippen LogP contribution in [0.1, 0.15) is 0 Å². The zero-order valence-electron chi connectivity index (χ0n) is 8.33. The van der Waals surface area contributed by atoms with E-state index in [-0.39, 0.29) is 11.0 Å². The van der Waals surface area contributed by atoms with Gasteiger partial charge in [-0.15, -0.1) is 10.2 Å². The first-order valence-corrected chi connectivity index (χ1v) is 4.95. The maximum atomic E-state index is 12.0. The zero-order chi connectivity index (χ0) is 12.5. The maximum absolute atomic E-state index is 12.0. The summed E-state index contributed by atoms with van der Waals surface area (Å²) in [6.07, 6.45) is -4.41. The average Bonchev–Trinajstić information content (AvgIpc) is 2.27. The second kappa shape index (κ2) is 4.37. The van der Waals surface area contributed by atoms with E-state index in [1.54, 1.807) is 24.3 Å². The monoisotopic (exact) mass is 262 g/mol. The van der Waals surface area contributed by atoms with E-state index in [1.165, 1.54) is 0 Å². The number of benzene rings is 1. The molecule has 7 heteroatoms. The van der Waals surface area contributed by atoms with Crippen molar-refractivity contribution in [3.8, 4) is 5.88 Å². The first-order valence-electron chi connectivity index (χ1n) is 4.58. The minimum Gasteiger partial charge on any atom is -0.467 e. The maximum Gasteiger partial charge on any atom is 0.422 e. The van der Waals surface area contributed by atoms with Crippen LogP contribution in [0.3, 0.4) is 0 Å². The molecule has 0 aliphatic rings. The molecule has 17 heavy (non-hydrogen) atoms. The van der Waals surface area contributed by atoms with E-state index in [0.29, 0.717) is 10.8 Å². The smallest absolute Gasteiger partial charge is 0.422 e. The molecule has 0 aliphatic carbocycles. The molecule has 0 fully saturated rings. The van der Waals surface area contributed by atoms with Gasteiger partial charge in [0.1, 0.15) is 0 Å². The van der Waals surface area contributed by atoms with Crippen LogP contribution in [-0.4, -0.2) is 23.0 Å². The molecule has 0 N–H and O–H groups in total. The van der Waals surface area contributed by atoms with Crippen LogP contribution < -0.4 is 4.74 Å². The summed E-state index contributed by atoms with van der Waals surface area (Å²) in [4.78, 5) is 0. The average molecular weight is 263 g/mol. The van der Waals surface area contributed by atoms with Crippen molar-refractivity contribution in [2.45, 2.75) is 6.18 Å². The van der Waals surface area contributed by atoms with Gasteiger partial charge in [-0.3, -0.25) is 0 Å². The van der Waals surface area contributed by atoms with Crippen molar-refractivity contribution in [1.29, 1.82) is 0 Å². The molecule has 0 aliphatic heterocycles. The standard InChI is InChI=1S/C10H6ClF3N2O/c11-8-6-3-1-2-4-7(6)9(16-15-8)17-5-10(12,13)14/h1-4H,5H2. The molecule has 0 saturated heterocycles. The highest BCUT2D eigenvalue weighted by atomic mass is 35.5. The fourth-order valence-electron chi connectivity index (χ4n) is 1.30. The van der Waals surface area contributed by atoms with Crippen LogP contribution in [0.2, 0.25) is 5.15 Å². The van der Waals surface area contributed by atoms with Crippen LogP contribution in [0.15, 0.2) is 24.3 Å². The number of hydrogen-bond donors (Lipinski definition) is 0. The lowest BCUT2D eigenvalue weighted by atomic mass is 10.2. The third kappa shape index (κ3) is 2.76. The highest BCUT2D eigenvalue weighted by Crippen LogP contribution is 2.28. The van der Waals surface area contributed by atoms with Gasteiger partial charge in [0, 0.05) is 10.8 Å². The number of halogens is 4. The van der Waals surface area contributed by atoms with E-state index >= 15 is 0 Å². The first kappa shape index (κ1) is 11.9. The number of aromatic nitrogens is 2.